The number of nitrogens with zero attached hydrogens (tertiary/aromatic N) is 1. The molecule has 0 atom stereocenters. The van der Waals surface area contributed by atoms with Gasteiger partial charge in [0.25, 0.3) is 0 Å². The van der Waals surface area contributed by atoms with E-state index in [9.17, 15) is 9.59 Å². The number of rotatable bonds is 9. The molecule has 0 aliphatic carbocycles. The Morgan fingerprint density at radius 2 is 1.33 bits per heavy atom. The van der Waals surface area contributed by atoms with Gasteiger partial charge in [-0.15, -0.1) is 0 Å². The van der Waals surface area contributed by atoms with Crippen LogP contribution in [-0.4, -0.2) is 36.9 Å². The Morgan fingerprint density at radius 1 is 0.818 bits per heavy atom. The van der Waals surface area contributed by atoms with Gasteiger partial charge in [0.05, 0.1) is 12.6 Å². The molecule has 0 fully saturated rings. The van der Waals surface area contributed by atoms with Gasteiger partial charge in [0.1, 0.15) is 0 Å². The molecule has 0 spiro atoms. The summed E-state index contributed by atoms with van der Waals surface area (Å²) in [5.41, 5.74) is 6.22. The van der Waals surface area contributed by atoms with Crippen LogP contribution >= 0.6 is 0 Å². The topological polar surface area (TPSA) is 61.4 Å². The molecular weight excluding hydrogens is 410 g/mol. The number of aryl methyl sites for hydroxylation is 3. The number of benzene rings is 3. The Hall–Kier alpha value is -3.44. The molecule has 5 heteroatoms. The fourth-order valence-corrected chi connectivity index (χ4v) is 4.06. The summed E-state index contributed by atoms with van der Waals surface area (Å²) >= 11 is 0. The van der Waals surface area contributed by atoms with Gasteiger partial charge in [-0.25, -0.2) is 0 Å². The summed E-state index contributed by atoms with van der Waals surface area (Å²) in [6, 6.07) is 23.8. The number of carbonyl (C=O) groups excluding carboxylic acids is 2. The van der Waals surface area contributed by atoms with Crippen LogP contribution in [-0.2, 0) is 9.59 Å². The second-order valence-electron chi connectivity index (χ2n) is 8.63. The highest BCUT2D eigenvalue weighted by Gasteiger charge is 2.17. The molecule has 3 aromatic carbocycles. The van der Waals surface area contributed by atoms with Gasteiger partial charge in [-0.05, 0) is 50.1 Å². The second-order valence-corrected chi connectivity index (χ2v) is 8.63. The van der Waals surface area contributed by atoms with Crippen LogP contribution in [0.25, 0.3) is 0 Å². The quantitative estimate of drug-likeness (QED) is 0.500. The van der Waals surface area contributed by atoms with E-state index in [4.69, 9.17) is 0 Å². The van der Waals surface area contributed by atoms with Crippen molar-refractivity contribution in [1.82, 2.24) is 10.2 Å². The van der Waals surface area contributed by atoms with E-state index in [0.717, 1.165) is 27.9 Å². The highest BCUT2D eigenvalue weighted by molar-refractivity contribution is 5.93. The minimum absolute atomic E-state index is 0.0508. The monoisotopic (exact) mass is 443 g/mol. The molecule has 0 heterocycles. The molecule has 0 radical (unpaired) electrons. The first-order valence-corrected chi connectivity index (χ1v) is 11.3. The summed E-state index contributed by atoms with van der Waals surface area (Å²) in [4.78, 5) is 27.2. The molecular formula is C28H33N3O2. The van der Waals surface area contributed by atoms with E-state index in [0.29, 0.717) is 13.0 Å². The first-order valence-electron chi connectivity index (χ1n) is 11.3. The van der Waals surface area contributed by atoms with E-state index in [1.54, 1.807) is 0 Å². The molecule has 3 rings (SSSR count). The van der Waals surface area contributed by atoms with Crippen molar-refractivity contribution >= 4 is 17.5 Å². The lowest BCUT2D eigenvalue weighted by Crippen LogP contribution is -2.35. The summed E-state index contributed by atoms with van der Waals surface area (Å²) in [5, 5.41) is 6.17. The zero-order valence-corrected chi connectivity index (χ0v) is 19.9. The molecule has 0 aromatic heterocycles. The van der Waals surface area contributed by atoms with Gasteiger partial charge >= 0.3 is 0 Å². The zero-order valence-electron chi connectivity index (χ0n) is 19.9. The van der Waals surface area contributed by atoms with Crippen LogP contribution in [0.15, 0.2) is 72.8 Å². The second kappa shape index (κ2) is 11.4. The van der Waals surface area contributed by atoms with E-state index < -0.39 is 0 Å². The molecule has 33 heavy (non-hydrogen) atoms. The molecule has 0 aliphatic rings. The summed E-state index contributed by atoms with van der Waals surface area (Å²) in [5.74, 6) is -0.135. The van der Waals surface area contributed by atoms with Crippen molar-refractivity contribution in [3.63, 3.8) is 0 Å². The van der Waals surface area contributed by atoms with Crippen molar-refractivity contribution in [1.29, 1.82) is 0 Å². The first-order chi connectivity index (χ1) is 15.8. The Bertz CT molecular complexity index is 1020. The van der Waals surface area contributed by atoms with Crippen LogP contribution in [0.3, 0.4) is 0 Å². The zero-order chi connectivity index (χ0) is 23.8. The maximum Gasteiger partial charge on any atom is 0.238 e. The van der Waals surface area contributed by atoms with Crippen LogP contribution in [0.4, 0.5) is 5.69 Å². The number of hydrogen-bond donors (Lipinski definition) is 2. The number of nitrogens with one attached hydrogen (secondary N) is 2. The predicted octanol–water partition coefficient (Wildman–Crippen LogP) is 4.78. The lowest BCUT2D eigenvalue weighted by atomic mass is 9.98. The van der Waals surface area contributed by atoms with Crippen molar-refractivity contribution < 1.29 is 9.59 Å². The Labute approximate surface area is 196 Å². The number of hydrogen-bond acceptors (Lipinski definition) is 3. The van der Waals surface area contributed by atoms with Gasteiger partial charge in [-0.1, -0.05) is 78.4 Å². The van der Waals surface area contributed by atoms with Crippen LogP contribution < -0.4 is 10.6 Å². The van der Waals surface area contributed by atoms with Crippen molar-refractivity contribution in [2.24, 2.45) is 0 Å². The standard InChI is InChI=1S/C28H33N3O2/c1-20-17-21(2)27(22(3)18-20)30-26(33)19-31(4)16-15-25(32)29-28(23-11-7-5-8-12-23)24-13-9-6-10-14-24/h5-14,17-18,28H,15-16,19H2,1-4H3,(H,29,32)(H,30,33). The highest BCUT2D eigenvalue weighted by atomic mass is 16.2. The van der Waals surface area contributed by atoms with Gasteiger partial charge in [0.2, 0.25) is 11.8 Å². The maximum atomic E-state index is 12.8. The molecule has 0 bridgehead atoms. The molecule has 2 N–H and O–H groups in total. The Morgan fingerprint density at radius 3 is 1.85 bits per heavy atom. The average molecular weight is 444 g/mol. The SMILES string of the molecule is Cc1cc(C)c(NC(=O)CN(C)CCC(=O)NC(c2ccccc2)c2ccccc2)c(C)c1. The summed E-state index contributed by atoms with van der Waals surface area (Å²) in [6.45, 7) is 6.76. The molecule has 172 valence electrons. The maximum absolute atomic E-state index is 12.8. The Balaban J connectivity index is 1.54. The normalized spacial score (nSPS) is 11.0. The van der Waals surface area contributed by atoms with Crippen LogP contribution in [0.2, 0.25) is 0 Å². The van der Waals surface area contributed by atoms with Crippen molar-refractivity contribution in [3.05, 3.63) is 101 Å². The van der Waals surface area contributed by atoms with Crippen molar-refractivity contribution in [2.75, 3.05) is 25.5 Å². The summed E-state index contributed by atoms with van der Waals surface area (Å²) < 4.78 is 0. The van der Waals surface area contributed by atoms with E-state index in [1.807, 2.05) is 93.4 Å². The molecule has 0 saturated carbocycles. The smallest absolute Gasteiger partial charge is 0.238 e. The van der Waals surface area contributed by atoms with Gasteiger partial charge in [-0.3, -0.25) is 14.5 Å². The fraction of sp³-hybridized carbons (Fsp3) is 0.286. The van der Waals surface area contributed by atoms with Crippen molar-refractivity contribution in [2.45, 2.75) is 33.2 Å². The number of likely N-dealkylation sites (N-methyl/N-ethyl adjacent to an activating group) is 1. The third kappa shape index (κ3) is 7.02. The van der Waals surface area contributed by atoms with E-state index in [2.05, 4.69) is 22.8 Å². The number of amides is 2. The average Bonchev–Trinajstić information content (AvgIpc) is 2.79. The minimum Gasteiger partial charge on any atom is -0.345 e. The van der Waals surface area contributed by atoms with Crippen molar-refractivity contribution in [3.8, 4) is 0 Å². The molecule has 2 amide bonds. The lowest BCUT2D eigenvalue weighted by molar-refractivity contribution is -0.122. The predicted molar refractivity (Wildman–Crippen MR) is 134 cm³/mol. The van der Waals surface area contributed by atoms with Gasteiger partial charge < -0.3 is 10.6 Å². The third-order valence-corrected chi connectivity index (χ3v) is 5.65. The highest BCUT2D eigenvalue weighted by Crippen LogP contribution is 2.23. The van der Waals surface area contributed by atoms with Gasteiger partial charge in [0, 0.05) is 18.7 Å². The van der Waals surface area contributed by atoms with Crippen LogP contribution in [0.1, 0.15) is 40.3 Å². The van der Waals surface area contributed by atoms with Gasteiger partial charge in [0.15, 0.2) is 0 Å². The van der Waals surface area contributed by atoms with Crippen LogP contribution in [0.5, 0.6) is 0 Å². The third-order valence-electron chi connectivity index (χ3n) is 5.65. The number of carbonyl (C=O) groups is 2. The molecule has 0 unspecified atom stereocenters. The van der Waals surface area contributed by atoms with E-state index >= 15 is 0 Å². The summed E-state index contributed by atoms with van der Waals surface area (Å²) in [6.07, 6.45) is 0.308. The molecule has 0 aliphatic heterocycles. The number of anilines is 1. The molecule has 5 nitrogen and oxygen atoms in total. The van der Waals surface area contributed by atoms with Crippen LogP contribution in [0, 0.1) is 20.8 Å². The fourth-order valence-electron chi connectivity index (χ4n) is 4.06. The summed E-state index contributed by atoms with van der Waals surface area (Å²) in [7, 11) is 1.85. The lowest BCUT2D eigenvalue weighted by Gasteiger charge is -2.21. The Kier molecular flexibility index (Phi) is 8.39. The first kappa shape index (κ1) is 24.2. The minimum atomic E-state index is -0.207. The van der Waals surface area contributed by atoms with E-state index in [-0.39, 0.29) is 24.4 Å². The van der Waals surface area contributed by atoms with Gasteiger partial charge in [-0.2, -0.15) is 0 Å². The molecule has 0 saturated heterocycles. The van der Waals surface area contributed by atoms with E-state index in [1.165, 1.54) is 5.56 Å². The molecule has 3 aromatic rings. The largest absolute Gasteiger partial charge is 0.345 e.